The Morgan fingerprint density at radius 2 is 1.67 bits per heavy atom. The summed E-state index contributed by atoms with van der Waals surface area (Å²) in [5.74, 6) is -0.702. The predicted octanol–water partition coefficient (Wildman–Crippen LogP) is 6.43. The van der Waals surface area contributed by atoms with E-state index >= 15 is 0 Å². The van der Waals surface area contributed by atoms with Crippen LogP contribution in [0.25, 0.3) is 0 Å². The molecule has 1 heterocycles. The Kier molecular flexibility index (Phi) is 9.99. The third-order valence-corrected chi connectivity index (χ3v) is 4.31. The highest BCUT2D eigenvalue weighted by molar-refractivity contribution is 6.30. The van der Waals surface area contributed by atoms with E-state index in [4.69, 9.17) is 16.3 Å². The monoisotopic (exact) mass is 445 g/mol. The predicted molar refractivity (Wildman–Crippen MR) is 114 cm³/mol. The molecule has 30 heavy (non-hydrogen) atoms. The molecule has 166 valence electrons. The molecule has 2 aromatic rings. The molecule has 0 bridgehead atoms. The van der Waals surface area contributed by atoms with Gasteiger partial charge < -0.3 is 14.4 Å². The molecular weight excluding hydrogens is 419 g/mol. The molecule has 8 heteroatoms. The van der Waals surface area contributed by atoms with Gasteiger partial charge in [-0.1, -0.05) is 51.4 Å². The number of amides is 1. The Labute approximate surface area is 180 Å². The zero-order chi connectivity index (χ0) is 22.9. The van der Waals surface area contributed by atoms with Crippen LogP contribution in [-0.4, -0.2) is 25.9 Å². The molecule has 0 N–H and O–H groups in total. The van der Waals surface area contributed by atoms with Crippen molar-refractivity contribution in [3.8, 4) is 11.5 Å². The highest BCUT2D eigenvalue weighted by atomic mass is 35.5. The highest BCUT2D eigenvalue weighted by Gasteiger charge is 2.34. The zero-order valence-electron chi connectivity index (χ0n) is 17.8. The maximum Gasteiger partial charge on any atom is 0.573 e. The molecule has 1 amide bonds. The van der Waals surface area contributed by atoms with Crippen LogP contribution in [0.3, 0.4) is 0 Å². The normalized spacial score (nSPS) is 12.1. The molecule has 3 rings (SSSR count). The number of alkyl halides is 3. The van der Waals surface area contributed by atoms with Gasteiger partial charge >= 0.3 is 6.36 Å². The minimum absolute atomic E-state index is 0.0203. The Morgan fingerprint density at radius 1 is 1.07 bits per heavy atom. The molecule has 2 aromatic carbocycles. The topological polar surface area (TPSA) is 38.8 Å². The van der Waals surface area contributed by atoms with Crippen molar-refractivity contribution in [1.29, 1.82) is 0 Å². The summed E-state index contributed by atoms with van der Waals surface area (Å²) in [5.41, 5.74) is 1.91. The molecule has 0 fully saturated rings. The molecule has 0 radical (unpaired) electrons. The Morgan fingerprint density at radius 3 is 2.20 bits per heavy atom. The minimum Gasteiger partial charge on any atom is -0.493 e. The van der Waals surface area contributed by atoms with Crippen molar-refractivity contribution in [3.63, 3.8) is 0 Å². The summed E-state index contributed by atoms with van der Waals surface area (Å²) in [6.45, 7) is 8.39. The van der Waals surface area contributed by atoms with Crippen LogP contribution in [0, 0.1) is 0 Å². The van der Waals surface area contributed by atoms with E-state index in [1.54, 1.807) is 24.3 Å². The van der Waals surface area contributed by atoms with Gasteiger partial charge in [-0.15, -0.1) is 13.2 Å². The first-order valence-electron chi connectivity index (χ1n) is 9.78. The number of hydrogen-bond acceptors (Lipinski definition) is 3. The summed E-state index contributed by atoms with van der Waals surface area (Å²) in [5, 5.41) is 0.564. The lowest BCUT2D eigenvalue weighted by Gasteiger charge is -2.20. The van der Waals surface area contributed by atoms with Gasteiger partial charge in [-0.25, -0.2) is 0 Å². The quantitative estimate of drug-likeness (QED) is 0.544. The van der Waals surface area contributed by atoms with Crippen molar-refractivity contribution < 1.29 is 27.4 Å². The van der Waals surface area contributed by atoms with Crippen LogP contribution in [0.1, 0.15) is 38.8 Å². The molecule has 0 saturated carbocycles. The number of nitrogens with zero attached hydrogens (tertiary/aromatic N) is 1. The fourth-order valence-electron chi connectivity index (χ4n) is 2.89. The first-order valence-corrected chi connectivity index (χ1v) is 10.2. The van der Waals surface area contributed by atoms with Crippen molar-refractivity contribution in [3.05, 3.63) is 52.5 Å². The van der Waals surface area contributed by atoms with Gasteiger partial charge in [0.1, 0.15) is 0 Å². The number of rotatable bonds is 4. The average Bonchev–Trinajstić information content (AvgIpc) is 3.13. The number of halogens is 4. The molecule has 4 nitrogen and oxygen atoms in total. The summed E-state index contributed by atoms with van der Waals surface area (Å²) in [4.78, 5) is 14.1. The van der Waals surface area contributed by atoms with E-state index in [9.17, 15) is 18.0 Å². The van der Waals surface area contributed by atoms with Crippen LogP contribution in [0.2, 0.25) is 5.02 Å². The van der Waals surface area contributed by atoms with Gasteiger partial charge in [0.15, 0.2) is 11.5 Å². The molecule has 0 unspecified atom stereocenters. The van der Waals surface area contributed by atoms with E-state index < -0.39 is 12.1 Å². The highest BCUT2D eigenvalue weighted by Crippen LogP contribution is 2.41. The van der Waals surface area contributed by atoms with Gasteiger partial charge in [0.25, 0.3) is 0 Å². The van der Waals surface area contributed by atoms with Gasteiger partial charge in [0, 0.05) is 17.6 Å². The van der Waals surface area contributed by atoms with Crippen molar-refractivity contribution in [1.82, 2.24) is 0 Å². The third-order valence-electron chi connectivity index (χ3n) is 4.06. The first kappa shape index (κ1) is 25.6. The van der Waals surface area contributed by atoms with Crippen LogP contribution in [0.5, 0.6) is 11.5 Å². The van der Waals surface area contributed by atoms with E-state index in [0.29, 0.717) is 23.7 Å². The second-order valence-electron chi connectivity index (χ2n) is 5.78. The number of benzene rings is 2. The number of methoxy groups -OCH3 is 1. The summed E-state index contributed by atoms with van der Waals surface area (Å²) in [6.07, 6.45) is -4.19. The summed E-state index contributed by atoms with van der Waals surface area (Å²) >= 11 is 5.83. The lowest BCUT2D eigenvalue weighted by molar-refractivity contribution is -0.275. The molecule has 0 spiro atoms. The van der Waals surface area contributed by atoms with E-state index in [1.807, 2.05) is 27.7 Å². The number of anilines is 1. The second-order valence-corrected chi connectivity index (χ2v) is 6.21. The smallest absolute Gasteiger partial charge is 0.493 e. The maximum atomic E-state index is 12.6. The van der Waals surface area contributed by atoms with E-state index in [0.717, 1.165) is 11.1 Å². The van der Waals surface area contributed by atoms with Crippen LogP contribution in [-0.2, 0) is 17.6 Å². The Balaban J connectivity index is 0.00000106. The van der Waals surface area contributed by atoms with E-state index in [-0.39, 0.29) is 18.1 Å². The molecule has 0 atom stereocenters. The van der Waals surface area contributed by atoms with Gasteiger partial charge in [0.05, 0.1) is 19.2 Å². The van der Waals surface area contributed by atoms with Gasteiger partial charge in [-0.05, 0) is 35.7 Å². The number of fused-ring (bicyclic) bond motifs is 1. The molecule has 0 aliphatic carbocycles. The summed E-state index contributed by atoms with van der Waals surface area (Å²) in [7, 11) is 1.27. The fourth-order valence-corrected chi connectivity index (χ4v) is 3.02. The molecule has 0 aromatic heterocycles. The number of carbonyl (C=O) groups excluding carboxylic acids is 1. The van der Waals surface area contributed by atoms with Gasteiger partial charge in [-0.3, -0.25) is 4.79 Å². The SMILES string of the molecule is CC.CC.COc1cc2c(cc1OC(F)(F)F)N(C(=O)Cc1ccc(Cl)cc1)CC2. The summed E-state index contributed by atoms with van der Waals surface area (Å²) < 4.78 is 46.9. The lowest BCUT2D eigenvalue weighted by Crippen LogP contribution is -2.30. The van der Waals surface area contributed by atoms with Gasteiger partial charge in [-0.2, -0.15) is 0 Å². The van der Waals surface area contributed by atoms with E-state index in [2.05, 4.69) is 4.74 Å². The molecule has 0 saturated heterocycles. The zero-order valence-corrected chi connectivity index (χ0v) is 18.5. The van der Waals surface area contributed by atoms with Crippen LogP contribution in [0.15, 0.2) is 36.4 Å². The minimum atomic E-state index is -4.85. The maximum absolute atomic E-state index is 12.6. The number of ether oxygens (including phenoxy) is 2. The van der Waals surface area contributed by atoms with Crippen molar-refractivity contribution >= 4 is 23.2 Å². The van der Waals surface area contributed by atoms with Crippen molar-refractivity contribution in [2.75, 3.05) is 18.6 Å². The molecular formula is C22H27ClF3NO3. The van der Waals surface area contributed by atoms with Crippen LogP contribution in [0.4, 0.5) is 18.9 Å². The number of carbonyl (C=O) groups is 1. The van der Waals surface area contributed by atoms with E-state index in [1.165, 1.54) is 24.1 Å². The second kappa shape index (κ2) is 11.7. The van der Waals surface area contributed by atoms with Crippen LogP contribution >= 0.6 is 11.6 Å². The number of hydrogen-bond donors (Lipinski definition) is 0. The Hall–Kier alpha value is -2.41. The van der Waals surface area contributed by atoms with Crippen molar-refractivity contribution in [2.24, 2.45) is 0 Å². The van der Waals surface area contributed by atoms with Crippen LogP contribution < -0.4 is 14.4 Å². The van der Waals surface area contributed by atoms with Crippen molar-refractivity contribution in [2.45, 2.75) is 46.9 Å². The average molecular weight is 446 g/mol. The first-order chi connectivity index (χ1) is 14.3. The summed E-state index contributed by atoms with van der Waals surface area (Å²) in [6, 6.07) is 9.53. The van der Waals surface area contributed by atoms with Gasteiger partial charge in [0.2, 0.25) is 5.91 Å². The molecule has 1 aliphatic rings. The standard InChI is InChI=1S/C18H15ClF3NO3.2C2H6/c1-25-15-9-12-6-7-23(14(12)10-16(15)26-18(20,21)22)17(24)8-11-2-4-13(19)5-3-11;2*1-2/h2-5,9-10H,6-8H2,1H3;2*1-2H3. The lowest BCUT2D eigenvalue weighted by atomic mass is 10.1. The third kappa shape index (κ3) is 6.83. The largest absolute Gasteiger partial charge is 0.573 e. The molecule has 1 aliphatic heterocycles. The Bertz CT molecular complexity index is 824. The fraction of sp³-hybridized carbons (Fsp3) is 0.409.